The van der Waals surface area contributed by atoms with E-state index < -0.39 is 23.9 Å². The number of nitrogens with one attached hydrogen (secondary N) is 1. The summed E-state index contributed by atoms with van der Waals surface area (Å²) in [7, 11) is 0. The fourth-order valence-electron chi connectivity index (χ4n) is 4.03. The van der Waals surface area contributed by atoms with Gasteiger partial charge >= 0.3 is 6.18 Å². The molecule has 4 rings (SSSR count). The predicted octanol–water partition coefficient (Wildman–Crippen LogP) is 2.30. The van der Waals surface area contributed by atoms with Gasteiger partial charge in [-0.25, -0.2) is 4.98 Å². The van der Waals surface area contributed by atoms with Gasteiger partial charge in [0, 0.05) is 55.3 Å². The van der Waals surface area contributed by atoms with Gasteiger partial charge in [0.2, 0.25) is 11.8 Å². The second-order valence-corrected chi connectivity index (χ2v) is 7.79. The van der Waals surface area contributed by atoms with E-state index in [4.69, 9.17) is 5.73 Å². The van der Waals surface area contributed by atoms with Gasteiger partial charge in [-0.1, -0.05) is 0 Å². The number of nitrogens with two attached hydrogens (primary N) is 1. The predicted molar refractivity (Wildman–Crippen MR) is 105 cm³/mol. The van der Waals surface area contributed by atoms with E-state index in [0.717, 1.165) is 16.6 Å². The molecule has 1 aliphatic carbocycles. The quantitative estimate of drug-likeness (QED) is 0.741. The summed E-state index contributed by atoms with van der Waals surface area (Å²) in [6.45, 7) is 2.08. The molecule has 160 valence electrons. The fraction of sp³-hybridized carbons (Fsp3) is 0.450. The number of aromatic nitrogens is 2. The number of carbonyl (C=O) groups excluding carboxylic acids is 2. The average molecular weight is 421 g/mol. The van der Waals surface area contributed by atoms with Crippen molar-refractivity contribution in [3.05, 3.63) is 30.1 Å². The van der Waals surface area contributed by atoms with Crippen molar-refractivity contribution in [3.63, 3.8) is 0 Å². The Morgan fingerprint density at radius 3 is 2.53 bits per heavy atom. The SMILES string of the molecule is NC(=O)/C=C/c1c[nH]c2ncc(N3CCN(C(=O)[C@H]4C[C@H](C(F)(F)F)C4)CC3)cc12. The summed E-state index contributed by atoms with van der Waals surface area (Å²) in [6, 6.07) is 1.96. The summed E-state index contributed by atoms with van der Waals surface area (Å²) in [6.07, 6.45) is 1.98. The lowest BCUT2D eigenvalue weighted by Crippen LogP contribution is -2.53. The molecule has 0 radical (unpaired) electrons. The van der Waals surface area contributed by atoms with Crippen LogP contribution in [-0.2, 0) is 9.59 Å². The standard InChI is InChI=1S/C20H22F3N5O2/c21-20(22,23)14-7-13(8-14)19(30)28-5-3-27(4-6-28)15-9-16-12(1-2-17(24)29)10-25-18(16)26-11-15/h1-2,9-11,13-14H,3-8H2,(H2,24,29)(H,25,26)/b2-1+/t13-,14-. The lowest BCUT2D eigenvalue weighted by molar-refractivity contribution is -0.206. The second kappa shape index (κ2) is 7.66. The monoisotopic (exact) mass is 421 g/mol. The van der Waals surface area contributed by atoms with Crippen LogP contribution in [0.25, 0.3) is 17.1 Å². The van der Waals surface area contributed by atoms with E-state index in [9.17, 15) is 22.8 Å². The minimum atomic E-state index is -4.20. The maximum Gasteiger partial charge on any atom is 0.391 e. The van der Waals surface area contributed by atoms with Gasteiger partial charge in [0.1, 0.15) is 5.65 Å². The molecule has 3 heterocycles. The normalized spacial score (nSPS) is 22.5. The maximum absolute atomic E-state index is 12.7. The summed E-state index contributed by atoms with van der Waals surface area (Å²) >= 11 is 0. The van der Waals surface area contributed by atoms with E-state index in [1.54, 1.807) is 23.4 Å². The average Bonchev–Trinajstić information content (AvgIpc) is 3.06. The van der Waals surface area contributed by atoms with E-state index in [1.807, 2.05) is 6.07 Å². The van der Waals surface area contributed by atoms with Crippen molar-refractivity contribution in [1.29, 1.82) is 0 Å². The van der Waals surface area contributed by atoms with Gasteiger partial charge < -0.3 is 20.5 Å². The Labute approximate surface area is 170 Å². The first-order valence-corrected chi connectivity index (χ1v) is 9.77. The van der Waals surface area contributed by atoms with Crippen LogP contribution >= 0.6 is 0 Å². The molecule has 2 amide bonds. The van der Waals surface area contributed by atoms with Crippen molar-refractivity contribution in [2.75, 3.05) is 31.1 Å². The molecule has 2 aromatic rings. The fourth-order valence-corrected chi connectivity index (χ4v) is 4.03. The number of aromatic amines is 1. The van der Waals surface area contributed by atoms with Crippen molar-refractivity contribution < 1.29 is 22.8 Å². The molecule has 1 saturated heterocycles. The highest BCUT2D eigenvalue weighted by Crippen LogP contribution is 2.45. The lowest BCUT2D eigenvalue weighted by atomic mass is 9.73. The summed E-state index contributed by atoms with van der Waals surface area (Å²) in [5.41, 5.74) is 7.50. The van der Waals surface area contributed by atoms with Crippen LogP contribution < -0.4 is 10.6 Å². The molecule has 0 atom stereocenters. The molecule has 0 aromatic carbocycles. The first kappa shape index (κ1) is 20.2. The van der Waals surface area contributed by atoms with E-state index in [-0.39, 0.29) is 18.7 Å². The van der Waals surface area contributed by atoms with Gasteiger partial charge in [0.05, 0.1) is 17.8 Å². The number of amides is 2. The summed E-state index contributed by atoms with van der Waals surface area (Å²) < 4.78 is 38.0. The first-order valence-electron chi connectivity index (χ1n) is 9.77. The summed E-state index contributed by atoms with van der Waals surface area (Å²) in [4.78, 5) is 34.7. The number of carbonyl (C=O) groups is 2. The number of fused-ring (bicyclic) bond motifs is 1. The van der Waals surface area contributed by atoms with E-state index >= 15 is 0 Å². The van der Waals surface area contributed by atoms with Crippen molar-refractivity contribution >= 4 is 34.6 Å². The number of H-pyrrole nitrogens is 1. The van der Waals surface area contributed by atoms with Crippen molar-refractivity contribution in [1.82, 2.24) is 14.9 Å². The zero-order valence-electron chi connectivity index (χ0n) is 16.2. The Morgan fingerprint density at radius 2 is 1.90 bits per heavy atom. The van der Waals surface area contributed by atoms with E-state index in [0.29, 0.717) is 31.8 Å². The lowest BCUT2D eigenvalue weighted by Gasteiger charge is -2.41. The number of rotatable bonds is 4. The number of alkyl halides is 3. The largest absolute Gasteiger partial charge is 0.391 e. The molecule has 3 N–H and O–H groups in total. The number of anilines is 1. The maximum atomic E-state index is 12.7. The van der Waals surface area contributed by atoms with Gasteiger partial charge in [-0.15, -0.1) is 0 Å². The third kappa shape index (κ3) is 3.99. The molecule has 2 aromatic heterocycles. The molecule has 0 bridgehead atoms. The van der Waals surface area contributed by atoms with Crippen LogP contribution in [0.1, 0.15) is 18.4 Å². The number of hydrogen-bond acceptors (Lipinski definition) is 4. The zero-order valence-corrected chi connectivity index (χ0v) is 16.2. The number of halogens is 3. The van der Waals surface area contributed by atoms with Gasteiger partial charge in [0.15, 0.2) is 0 Å². The number of pyridine rings is 1. The second-order valence-electron chi connectivity index (χ2n) is 7.79. The highest BCUT2D eigenvalue weighted by molar-refractivity contribution is 5.95. The van der Waals surface area contributed by atoms with Crippen molar-refractivity contribution in [2.24, 2.45) is 17.6 Å². The van der Waals surface area contributed by atoms with Gasteiger partial charge in [-0.05, 0) is 25.0 Å². The Bertz CT molecular complexity index is 986. The molecule has 0 unspecified atom stereocenters. The number of piperazine rings is 1. The van der Waals surface area contributed by atoms with Crippen molar-refractivity contribution in [2.45, 2.75) is 19.0 Å². The van der Waals surface area contributed by atoms with Crippen LogP contribution in [0.15, 0.2) is 24.5 Å². The molecular weight excluding hydrogens is 399 g/mol. The highest BCUT2D eigenvalue weighted by Gasteiger charge is 2.50. The Kier molecular flexibility index (Phi) is 5.17. The van der Waals surface area contributed by atoms with Crippen LogP contribution in [0.2, 0.25) is 0 Å². The summed E-state index contributed by atoms with van der Waals surface area (Å²) in [5.74, 6) is -2.57. The smallest absolute Gasteiger partial charge is 0.367 e. The number of nitrogens with zero attached hydrogens (tertiary/aromatic N) is 3. The van der Waals surface area contributed by atoms with Crippen LogP contribution in [0.3, 0.4) is 0 Å². The molecule has 1 saturated carbocycles. The van der Waals surface area contributed by atoms with Gasteiger partial charge in [0.25, 0.3) is 0 Å². The van der Waals surface area contributed by atoms with Gasteiger partial charge in [-0.3, -0.25) is 9.59 Å². The molecular formula is C20H22F3N5O2. The van der Waals surface area contributed by atoms with Gasteiger partial charge in [-0.2, -0.15) is 13.2 Å². The number of hydrogen-bond donors (Lipinski definition) is 2. The minimum absolute atomic E-state index is 0.0990. The molecule has 10 heteroatoms. The third-order valence-corrected chi connectivity index (χ3v) is 5.88. The van der Waals surface area contributed by atoms with Crippen LogP contribution in [0, 0.1) is 11.8 Å². The summed E-state index contributed by atoms with van der Waals surface area (Å²) in [5, 5.41) is 0.844. The Balaban J connectivity index is 1.38. The minimum Gasteiger partial charge on any atom is -0.367 e. The molecule has 0 spiro atoms. The molecule has 2 fully saturated rings. The third-order valence-electron chi connectivity index (χ3n) is 5.88. The first-order chi connectivity index (χ1) is 14.2. The Hall–Kier alpha value is -3.04. The zero-order chi connectivity index (χ0) is 21.5. The number of primary amides is 1. The molecule has 30 heavy (non-hydrogen) atoms. The molecule has 2 aliphatic rings. The topological polar surface area (TPSA) is 95.3 Å². The van der Waals surface area contributed by atoms with Crippen molar-refractivity contribution in [3.8, 4) is 0 Å². The van der Waals surface area contributed by atoms with Crippen LogP contribution in [0.4, 0.5) is 18.9 Å². The van der Waals surface area contributed by atoms with Crippen LogP contribution in [0.5, 0.6) is 0 Å². The van der Waals surface area contributed by atoms with E-state index in [2.05, 4.69) is 14.9 Å². The van der Waals surface area contributed by atoms with Crippen LogP contribution in [-0.4, -0.2) is 59.0 Å². The molecule has 7 nitrogen and oxygen atoms in total. The highest BCUT2D eigenvalue weighted by atomic mass is 19.4. The molecule has 1 aliphatic heterocycles. The van der Waals surface area contributed by atoms with E-state index in [1.165, 1.54) is 6.08 Å². The Morgan fingerprint density at radius 1 is 1.20 bits per heavy atom.